The first kappa shape index (κ1) is 18.5. The van der Waals surface area contributed by atoms with Gasteiger partial charge in [0, 0.05) is 12.2 Å². The van der Waals surface area contributed by atoms with Gasteiger partial charge in [-0.3, -0.25) is 4.68 Å². The third kappa shape index (κ3) is 3.81. The fraction of sp³-hybridized carbons (Fsp3) is 0.571. The SMILES string of the molecule is Cc1cc(C)n([C@H](C)CCNS(=O)(=O)c2cnn(C(F)F)c2C)n1. The van der Waals surface area contributed by atoms with Crippen LogP contribution >= 0.6 is 0 Å². The van der Waals surface area contributed by atoms with E-state index in [1.54, 1.807) is 0 Å². The van der Waals surface area contributed by atoms with Crippen LogP contribution in [0.25, 0.3) is 0 Å². The number of rotatable bonds is 7. The Balaban J connectivity index is 2.02. The summed E-state index contributed by atoms with van der Waals surface area (Å²) in [6.45, 7) is 4.35. The molecule has 10 heteroatoms. The smallest absolute Gasteiger partial charge is 0.267 e. The van der Waals surface area contributed by atoms with Gasteiger partial charge < -0.3 is 0 Å². The molecule has 0 amide bonds. The molecule has 0 saturated carbocycles. The fourth-order valence-electron chi connectivity index (χ4n) is 2.56. The minimum absolute atomic E-state index is 0.00582. The molecule has 1 atom stereocenters. The third-order valence-corrected chi connectivity index (χ3v) is 5.35. The van der Waals surface area contributed by atoms with Gasteiger partial charge in [-0.25, -0.2) is 17.8 Å². The molecule has 0 radical (unpaired) electrons. The van der Waals surface area contributed by atoms with Gasteiger partial charge in [0.25, 0.3) is 0 Å². The van der Waals surface area contributed by atoms with E-state index in [0.29, 0.717) is 11.1 Å². The van der Waals surface area contributed by atoms with Gasteiger partial charge in [-0.2, -0.15) is 19.0 Å². The van der Waals surface area contributed by atoms with Crippen molar-refractivity contribution < 1.29 is 17.2 Å². The topological polar surface area (TPSA) is 81.8 Å². The number of alkyl halides is 2. The van der Waals surface area contributed by atoms with Gasteiger partial charge in [0.1, 0.15) is 4.90 Å². The van der Waals surface area contributed by atoms with Crippen molar-refractivity contribution in [2.24, 2.45) is 0 Å². The van der Waals surface area contributed by atoms with Crippen molar-refractivity contribution in [1.82, 2.24) is 24.3 Å². The first-order chi connectivity index (χ1) is 11.1. The Kier molecular flexibility index (Phi) is 5.38. The van der Waals surface area contributed by atoms with Gasteiger partial charge in [0.2, 0.25) is 10.0 Å². The largest absolute Gasteiger partial charge is 0.333 e. The van der Waals surface area contributed by atoms with Crippen LogP contribution in [-0.4, -0.2) is 34.5 Å². The van der Waals surface area contributed by atoms with E-state index in [1.165, 1.54) is 6.92 Å². The van der Waals surface area contributed by atoms with Crippen molar-refractivity contribution in [3.63, 3.8) is 0 Å². The molecule has 2 heterocycles. The van der Waals surface area contributed by atoms with Crippen molar-refractivity contribution >= 4 is 10.0 Å². The first-order valence-corrected chi connectivity index (χ1v) is 8.96. The third-order valence-electron chi connectivity index (χ3n) is 3.79. The Bertz CT molecular complexity index is 813. The number of nitrogens with zero attached hydrogens (tertiary/aromatic N) is 4. The van der Waals surface area contributed by atoms with Gasteiger partial charge in [-0.05, 0) is 40.2 Å². The molecule has 0 fully saturated rings. The Morgan fingerprint density at radius 1 is 1.25 bits per heavy atom. The highest BCUT2D eigenvalue weighted by Gasteiger charge is 2.23. The average Bonchev–Trinajstić information content (AvgIpc) is 3.01. The number of hydrogen-bond donors (Lipinski definition) is 1. The highest BCUT2D eigenvalue weighted by molar-refractivity contribution is 7.89. The average molecular weight is 361 g/mol. The highest BCUT2D eigenvalue weighted by Crippen LogP contribution is 2.20. The van der Waals surface area contributed by atoms with E-state index in [-0.39, 0.29) is 23.2 Å². The molecule has 0 aliphatic heterocycles. The molecule has 0 aliphatic rings. The molecule has 7 nitrogen and oxygen atoms in total. The maximum absolute atomic E-state index is 12.7. The fourth-order valence-corrected chi connectivity index (χ4v) is 3.77. The van der Waals surface area contributed by atoms with Crippen molar-refractivity contribution in [2.75, 3.05) is 6.54 Å². The predicted octanol–water partition coefficient (Wildman–Crippen LogP) is 2.33. The van der Waals surface area contributed by atoms with Gasteiger partial charge in [0.05, 0.1) is 23.6 Å². The van der Waals surface area contributed by atoms with E-state index < -0.39 is 16.6 Å². The van der Waals surface area contributed by atoms with Gasteiger partial charge in [-0.1, -0.05) is 0 Å². The molecule has 2 rings (SSSR count). The molecule has 0 spiro atoms. The molecule has 134 valence electrons. The molecule has 1 N–H and O–H groups in total. The maximum atomic E-state index is 12.7. The molecule has 0 unspecified atom stereocenters. The van der Waals surface area contributed by atoms with Crippen molar-refractivity contribution in [3.8, 4) is 0 Å². The Labute approximate surface area is 139 Å². The molecule has 0 saturated heterocycles. The summed E-state index contributed by atoms with van der Waals surface area (Å²) in [5.74, 6) is 0. The van der Waals surface area contributed by atoms with Crippen molar-refractivity contribution in [3.05, 3.63) is 29.3 Å². The van der Waals surface area contributed by atoms with E-state index >= 15 is 0 Å². The summed E-state index contributed by atoms with van der Waals surface area (Å²) in [6.07, 6.45) is 1.46. The molecular formula is C14H21F2N5O2S. The van der Waals surface area contributed by atoms with Crippen LogP contribution in [0.5, 0.6) is 0 Å². The number of hydrogen-bond acceptors (Lipinski definition) is 4. The number of aryl methyl sites for hydroxylation is 2. The lowest BCUT2D eigenvalue weighted by molar-refractivity contribution is 0.0541. The minimum atomic E-state index is -3.88. The molecule has 0 aromatic carbocycles. The molecule has 24 heavy (non-hydrogen) atoms. The normalized spacial score (nSPS) is 13.6. The summed E-state index contributed by atoms with van der Waals surface area (Å²) < 4.78 is 54.5. The second-order valence-electron chi connectivity index (χ2n) is 5.72. The van der Waals surface area contributed by atoms with Crippen LogP contribution in [0.4, 0.5) is 8.78 Å². The van der Waals surface area contributed by atoms with Crippen LogP contribution < -0.4 is 4.72 Å². The lowest BCUT2D eigenvalue weighted by Gasteiger charge is -2.14. The summed E-state index contributed by atoms with van der Waals surface area (Å²) in [7, 11) is -3.88. The van der Waals surface area contributed by atoms with Crippen LogP contribution in [0.3, 0.4) is 0 Å². The van der Waals surface area contributed by atoms with Crippen molar-refractivity contribution in [1.29, 1.82) is 0 Å². The number of aromatic nitrogens is 4. The Hall–Kier alpha value is -1.81. The lowest BCUT2D eigenvalue weighted by atomic mass is 10.2. The molecular weight excluding hydrogens is 340 g/mol. The van der Waals surface area contributed by atoms with E-state index in [1.807, 2.05) is 31.5 Å². The van der Waals surface area contributed by atoms with E-state index in [0.717, 1.165) is 17.6 Å². The molecule has 2 aromatic rings. The van der Waals surface area contributed by atoms with E-state index in [4.69, 9.17) is 0 Å². The predicted molar refractivity (Wildman–Crippen MR) is 84.4 cm³/mol. The van der Waals surface area contributed by atoms with Gasteiger partial charge in [-0.15, -0.1) is 0 Å². The van der Waals surface area contributed by atoms with Crippen LogP contribution in [0.1, 0.15) is 43.0 Å². The van der Waals surface area contributed by atoms with Crippen LogP contribution in [0.15, 0.2) is 17.2 Å². The van der Waals surface area contributed by atoms with Crippen LogP contribution in [-0.2, 0) is 10.0 Å². The zero-order valence-electron chi connectivity index (χ0n) is 14.0. The second-order valence-corrected chi connectivity index (χ2v) is 7.46. The summed E-state index contributed by atoms with van der Waals surface area (Å²) in [5, 5.41) is 7.78. The van der Waals surface area contributed by atoms with Crippen LogP contribution in [0, 0.1) is 20.8 Å². The molecule has 2 aromatic heterocycles. The molecule has 0 aliphatic carbocycles. The first-order valence-electron chi connectivity index (χ1n) is 7.48. The summed E-state index contributed by atoms with van der Waals surface area (Å²) in [5.41, 5.74) is 1.80. The zero-order valence-corrected chi connectivity index (χ0v) is 14.8. The Morgan fingerprint density at radius 2 is 1.92 bits per heavy atom. The van der Waals surface area contributed by atoms with Crippen LogP contribution in [0.2, 0.25) is 0 Å². The van der Waals surface area contributed by atoms with Crippen molar-refractivity contribution in [2.45, 2.75) is 51.6 Å². The maximum Gasteiger partial charge on any atom is 0.333 e. The lowest BCUT2D eigenvalue weighted by Crippen LogP contribution is -2.27. The monoisotopic (exact) mass is 361 g/mol. The van der Waals surface area contributed by atoms with E-state index in [2.05, 4.69) is 14.9 Å². The van der Waals surface area contributed by atoms with Gasteiger partial charge in [0.15, 0.2) is 0 Å². The summed E-state index contributed by atoms with van der Waals surface area (Å²) >= 11 is 0. The summed E-state index contributed by atoms with van der Waals surface area (Å²) in [4.78, 5) is -0.235. The van der Waals surface area contributed by atoms with E-state index in [9.17, 15) is 17.2 Å². The number of halogens is 2. The minimum Gasteiger partial charge on any atom is -0.267 e. The quantitative estimate of drug-likeness (QED) is 0.821. The zero-order chi connectivity index (χ0) is 18.1. The highest BCUT2D eigenvalue weighted by atomic mass is 32.2. The molecule has 0 bridgehead atoms. The van der Waals surface area contributed by atoms with Gasteiger partial charge >= 0.3 is 6.55 Å². The second kappa shape index (κ2) is 6.98. The Morgan fingerprint density at radius 3 is 2.42 bits per heavy atom. The number of nitrogens with one attached hydrogen (secondary N) is 1. The number of sulfonamides is 1. The standard InChI is InChI=1S/C14H21F2N5O2S/c1-9-7-11(3)20(19-9)10(2)5-6-18-24(22,23)13-8-17-21(12(13)4)14(15)16/h7-8,10,14,18H,5-6H2,1-4H3/t10-/m1/s1. The summed E-state index contributed by atoms with van der Waals surface area (Å²) in [6, 6.07) is 1.95.